The number of carbonyl (C=O) groups is 1. The summed E-state index contributed by atoms with van der Waals surface area (Å²) in [6.45, 7) is 2.00. The maximum Gasteiger partial charge on any atom is 0.240 e. The van der Waals surface area contributed by atoms with Crippen molar-refractivity contribution in [2.45, 2.75) is 37.8 Å². The molecule has 0 radical (unpaired) electrons. The lowest BCUT2D eigenvalue weighted by Gasteiger charge is -2.17. The quantitative estimate of drug-likeness (QED) is 0.759. The van der Waals surface area contributed by atoms with E-state index in [0.717, 1.165) is 42.1 Å². The summed E-state index contributed by atoms with van der Waals surface area (Å²) < 4.78 is 2.00. The van der Waals surface area contributed by atoms with Crippen LogP contribution in [0, 0.1) is 0 Å². The average molecular weight is 361 g/mol. The molecule has 1 N–H and O–H groups in total. The Bertz CT molecular complexity index is 977. The van der Waals surface area contributed by atoms with Crippen LogP contribution in [-0.2, 0) is 11.3 Å². The molecule has 3 aromatic rings. The number of nitrogens with zero attached hydrogens (tertiary/aromatic N) is 4. The van der Waals surface area contributed by atoms with Crippen molar-refractivity contribution in [2.24, 2.45) is 0 Å². The number of benzene rings is 1. The Labute approximate surface area is 158 Å². The standard InChI is InChI=1S/C21H23N5O/c27-20(14-25-11-8-16-3-1-2-4-19(16)25)23-17-9-12-26(13-17)21-22-10-7-18(24-21)15-5-6-15/h1-4,7-8,10-11,15,17H,5-6,9,12-14H2,(H,23,27). The minimum absolute atomic E-state index is 0.0517. The molecule has 6 heteroatoms. The molecule has 0 bridgehead atoms. The first-order chi connectivity index (χ1) is 13.3. The van der Waals surface area contributed by atoms with Crippen LogP contribution in [0.2, 0.25) is 0 Å². The molecular weight excluding hydrogens is 338 g/mol. The van der Waals surface area contributed by atoms with E-state index in [1.54, 1.807) is 0 Å². The molecule has 2 aliphatic rings. The summed E-state index contributed by atoms with van der Waals surface area (Å²) in [7, 11) is 0. The third-order valence-corrected chi connectivity index (χ3v) is 5.49. The number of hydrogen-bond donors (Lipinski definition) is 1. The Balaban J connectivity index is 1.20. The normalized spacial score (nSPS) is 19.6. The van der Waals surface area contributed by atoms with E-state index in [-0.39, 0.29) is 11.9 Å². The van der Waals surface area contributed by atoms with Crippen LogP contribution >= 0.6 is 0 Å². The average Bonchev–Trinajstić information content (AvgIpc) is 3.32. The molecule has 1 atom stereocenters. The minimum Gasteiger partial charge on any atom is -0.350 e. The van der Waals surface area contributed by atoms with Gasteiger partial charge in [0, 0.05) is 48.7 Å². The predicted octanol–water partition coefficient (Wildman–Crippen LogP) is 2.70. The summed E-state index contributed by atoms with van der Waals surface area (Å²) >= 11 is 0. The number of aromatic nitrogens is 3. The lowest BCUT2D eigenvalue weighted by Crippen LogP contribution is -2.39. The van der Waals surface area contributed by atoms with E-state index in [2.05, 4.69) is 21.3 Å². The minimum atomic E-state index is 0.0517. The van der Waals surface area contributed by atoms with E-state index < -0.39 is 0 Å². The van der Waals surface area contributed by atoms with Crippen LogP contribution in [0.3, 0.4) is 0 Å². The Hall–Kier alpha value is -2.89. The summed E-state index contributed by atoms with van der Waals surface area (Å²) in [6.07, 6.45) is 7.24. The SMILES string of the molecule is O=C(Cn1ccc2ccccc21)NC1CCN(c2nccc(C3CC3)n2)C1. The van der Waals surface area contributed by atoms with Crippen molar-refractivity contribution >= 4 is 22.8 Å². The number of anilines is 1. The molecule has 1 aliphatic heterocycles. The van der Waals surface area contributed by atoms with Gasteiger partial charge < -0.3 is 14.8 Å². The Morgan fingerprint density at radius 2 is 2.04 bits per heavy atom. The zero-order valence-corrected chi connectivity index (χ0v) is 15.2. The smallest absolute Gasteiger partial charge is 0.240 e. The molecule has 6 nitrogen and oxygen atoms in total. The molecule has 1 aromatic carbocycles. The molecule has 1 unspecified atom stereocenters. The number of carbonyl (C=O) groups excluding carboxylic acids is 1. The van der Waals surface area contributed by atoms with Crippen LogP contribution in [0.5, 0.6) is 0 Å². The van der Waals surface area contributed by atoms with Crippen LogP contribution in [0.15, 0.2) is 48.8 Å². The Kier molecular flexibility index (Phi) is 4.03. The number of nitrogens with one attached hydrogen (secondary N) is 1. The molecule has 3 heterocycles. The molecule has 5 rings (SSSR count). The van der Waals surface area contributed by atoms with Crippen LogP contribution in [-0.4, -0.2) is 39.6 Å². The summed E-state index contributed by atoms with van der Waals surface area (Å²) in [5.41, 5.74) is 2.25. The Morgan fingerprint density at radius 1 is 1.15 bits per heavy atom. The number of amides is 1. The zero-order valence-electron chi connectivity index (χ0n) is 15.2. The third kappa shape index (κ3) is 3.39. The van der Waals surface area contributed by atoms with Gasteiger partial charge in [0.2, 0.25) is 11.9 Å². The molecule has 1 saturated carbocycles. The predicted molar refractivity (Wildman–Crippen MR) is 105 cm³/mol. The molecule has 1 aliphatic carbocycles. The summed E-state index contributed by atoms with van der Waals surface area (Å²) in [6, 6.07) is 12.3. The highest BCUT2D eigenvalue weighted by Crippen LogP contribution is 2.39. The molecule has 1 amide bonds. The molecule has 2 aromatic heterocycles. The summed E-state index contributed by atoms with van der Waals surface area (Å²) in [5.74, 6) is 1.48. The van der Waals surface area contributed by atoms with E-state index in [1.165, 1.54) is 12.8 Å². The van der Waals surface area contributed by atoms with Crippen LogP contribution < -0.4 is 10.2 Å². The maximum absolute atomic E-state index is 12.5. The van der Waals surface area contributed by atoms with Crippen LogP contribution in [0.25, 0.3) is 10.9 Å². The van der Waals surface area contributed by atoms with Crippen molar-refractivity contribution in [2.75, 3.05) is 18.0 Å². The number of rotatable bonds is 5. The second-order valence-electron chi connectivity index (χ2n) is 7.56. The zero-order chi connectivity index (χ0) is 18.2. The summed E-state index contributed by atoms with van der Waals surface area (Å²) in [4.78, 5) is 23.9. The lowest BCUT2D eigenvalue weighted by molar-refractivity contribution is -0.122. The third-order valence-electron chi connectivity index (χ3n) is 5.49. The van der Waals surface area contributed by atoms with Gasteiger partial charge in [0.05, 0.1) is 0 Å². The fourth-order valence-electron chi connectivity index (χ4n) is 3.89. The molecule has 138 valence electrons. The van der Waals surface area contributed by atoms with E-state index in [0.29, 0.717) is 12.5 Å². The van der Waals surface area contributed by atoms with E-state index in [9.17, 15) is 4.79 Å². The second kappa shape index (κ2) is 6.68. The van der Waals surface area contributed by atoms with Crippen molar-refractivity contribution < 1.29 is 4.79 Å². The van der Waals surface area contributed by atoms with Gasteiger partial charge in [0.25, 0.3) is 0 Å². The maximum atomic E-state index is 12.5. The van der Waals surface area contributed by atoms with Crippen molar-refractivity contribution in [3.05, 3.63) is 54.5 Å². The second-order valence-corrected chi connectivity index (χ2v) is 7.56. The van der Waals surface area contributed by atoms with Crippen molar-refractivity contribution in [3.63, 3.8) is 0 Å². The van der Waals surface area contributed by atoms with Crippen LogP contribution in [0.1, 0.15) is 30.9 Å². The van der Waals surface area contributed by atoms with E-state index >= 15 is 0 Å². The molecule has 27 heavy (non-hydrogen) atoms. The molecular formula is C21H23N5O. The fourth-order valence-corrected chi connectivity index (χ4v) is 3.89. The first-order valence-corrected chi connectivity index (χ1v) is 9.67. The summed E-state index contributed by atoms with van der Waals surface area (Å²) in [5, 5.41) is 4.33. The highest BCUT2D eigenvalue weighted by atomic mass is 16.2. The van der Waals surface area contributed by atoms with Gasteiger partial charge in [0.15, 0.2) is 0 Å². The van der Waals surface area contributed by atoms with Crippen molar-refractivity contribution in [3.8, 4) is 0 Å². The van der Waals surface area contributed by atoms with Gasteiger partial charge in [-0.1, -0.05) is 18.2 Å². The fraction of sp³-hybridized carbons (Fsp3) is 0.381. The van der Waals surface area contributed by atoms with Crippen molar-refractivity contribution in [1.82, 2.24) is 19.9 Å². The van der Waals surface area contributed by atoms with Gasteiger partial charge in [-0.05, 0) is 42.8 Å². The van der Waals surface area contributed by atoms with Gasteiger partial charge in [-0.15, -0.1) is 0 Å². The van der Waals surface area contributed by atoms with E-state index in [1.807, 2.05) is 47.3 Å². The first-order valence-electron chi connectivity index (χ1n) is 9.67. The topological polar surface area (TPSA) is 63.1 Å². The number of hydrogen-bond acceptors (Lipinski definition) is 4. The largest absolute Gasteiger partial charge is 0.350 e. The van der Waals surface area contributed by atoms with Gasteiger partial charge in [0.1, 0.15) is 6.54 Å². The number of para-hydroxylation sites is 1. The molecule has 0 spiro atoms. The highest BCUT2D eigenvalue weighted by Gasteiger charge is 2.28. The van der Waals surface area contributed by atoms with E-state index in [4.69, 9.17) is 4.98 Å². The monoisotopic (exact) mass is 361 g/mol. The molecule has 2 fully saturated rings. The lowest BCUT2D eigenvalue weighted by atomic mass is 10.2. The molecule has 1 saturated heterocycles. The number of fused-ring (bicyclic) bond motifs is 1. The Morgan fingerprint density at radius 3 is 2.93 bits per heavy atom. The van der Waals surface area contributed by atoms with Gasteiger partial charge >= 0.3 is 0 Å². The van der Waals surface area contributed by atoms with Crippen LogP contribution in [0.4, 0.5) is 5.95 Å². The first kappa shape index (κ1) is 16.3. The van der Waals surface area contributed by atoms with Gasteiger partial charge in [-0.2, -0.15) is 0 Å². The van der Waals surface area contributed by atoms with Gasteiger partial charge in [-0.3, -0.25) is 4.79 Å². The van der Waals surface area contributed by atoms with Gasteiger partial charge in [-0.25, -0.2) is 9.97 Å². The van der Waals surface area contributed by atoms with Crippen molar-refractivity contribution in [1.29, 1.82) is 0 Å². The highest BCUT2D eigenvalue weighted by molar-refractivity contribution is 5.83.